The largest absolute Gasteiger partial charge is 0.465 e. The number of nitrogens with two attached hydrogens (primary N) is 1. The van der Waals surface area contributed by atoms with Gasteiger partial charge in [0.05, 0.1) is 31.0 Å². The predicted octanol–water partition coefficient (Wildman–Crippen LogP) is 2.00. The van der Waals surface area contributed by atoms with Gasteiger partial charge >= 0.3 is 5.97 Å². The lowest BCUT2D eigenvalue weighted by atomic mass is 10.1. The van der Waals surface area contributed by atoms with Crippen molar-refractivity contribution in [2.75, 3.05) is 24.7 Å². The summed E-state index contributed by atoms with van der Waals surface area (Å²) in [5.74, 6) is 0.391. The Kier molecular flexibility index (Phi) is 4.27. The highest BCUT2D eigenvalue weighted by molar-refractivity contribution is 7.99. The molecule has 2 aromatic heterocycles. The van der Waals surface area contributed by atoms with Crippen molar-refractivity contribution in [3.8, 4) is 0 Å². The molecule has 0 unspecified atom stereocenters. The molecule has 2 N–H and O–H groups in total. The van der Waals surface area contributed by atoms with Crippen LogP contribution in [-0.2, 0) is 27.3 Å². The molecule has 3 heterocycles. The van der Waals surface area contributed by atoms with E-state index in [2.05, 4.69) is 9.97 Å². The number of fused-ring (bicyclic) bond motifs is 3. The van der Waals surface area contributed by atoms with Gasteiger partial charge in [-0.25, -0.2) is 9.97 Å². The summed E-state index contributed by atoms with van der Waals surface area (Å²) in [6.45, 7) is 3.47. The Balaban J connectivity index is 1.87. The van der Waals surface area contributed by atoms with E-state index in [4.69, 9.17) is 15.2 Å². The quantitative estimate of drug-likeness (QED) is 0.522. The topological polar surface area (TPSA) is 87.3 Å². The minimum atomic E-state index is -0.274. The number of rotatable bonds is 4. The number of anilines is 1. The van der Waals surface area contributed by atoms with Crippen LogP contribution in [0.2, 0.25) is 0 Å². The van der Waals surface area contributed by atoms with Gasteiger partial charge in [-0.15, -0.1) is 11.3 Å². The Labute approximate surface area is 130 Å². The van der Waals surface area contributed by atoms with Gasteiger partial charge in [-0.1, -0.05) is 11.8 Å². The average Bonchev–Trinajstić information content (AvgIpc) is 2.84. The van der Waals surface area contributed by atoms with Crippen molar-refractivity contribution in [1.82, 2.24) is 9.97 Å². The first kappa shape index (κ1) is 14.6. The summed E-state index contributed by atoms with van der Waals surface area (Å²) < 4.78 is 10.3. The Morgan fingerprint density at radius 1 is 1.52 bits per heavy atom. The number of aromatic nitrogens is 2. The normalized spacial score (nSPS) is 14.1. The molecule has 3 rings (SSSR count). The minimum Gasteiger partial charge on any atom is -0.465 e. The van der Waals surface area contributed by atoms with Gasteiger partial charge in [-0.2, -0.15) is 0 Å². The van der Waals surface area contributed by atoms with Crippen LogP contribution in [0, 0.1) is 0 Å². The van der Waals surface area contributed by atoms with Gasteiger partial charge in [-0.3, -0.25) is 4.79 Å². The number of nitrogen functional groups attached to an aromatic ring is 1. The van der Waals surface area contributed by atoms with Crippen molar-refractivity contribution < 1.29 is 14.3 Å². The first-order valence-corrected chi connectivity index (χ1v) is 8.43. The molecule has 0 atom stereocenters. The third kappa shape index (κ3) is 2.97. The minimum absolute atomic E-state index is 0.187. The SMILES string of the molecule is CCOC(=O)CSc1nc(N)c2c3c(sc2n1)COCC3. The van der Waals surface area contributed by atoms with Gasteiger partial charge < -0.3 is 15.2 Å². The second-order valence-electron chi connectivity index (χ2n) is 4.47. The molecule has 0 aromatic carbocycles. The Hall–Kier alpha value is -1.38. The van der Waals surface area contributed by atoms with Crippen molar-refractivity contribution in [2.45, 2.75) is 25.1 Å². The van der Waals surface area contributed by atoms with E-state index in [0.29, 0.717) is 30.8 Å². The second-order valence-corrected chi connectivity index (χ2v) is 6.50. The molecule has 8 heteroatoms. The van der Waals surface area contributed by atoms with Crippen LogP contribution in [0.25, 0.3) is 10.2 Å². The van der Waals surface area contributed by atoms with E-state index in [1.165, 1.54) is 22.2 Å². The molecule has 0 radical (unpaired) electrons. The first-order valence-electron chi connectivity index (χ1n) is 6.63. The summed E-state index contributed by atoms with van der Waals surface area (Å²) in [6.07, 6.45) is 0.845. The van der Waals surface area contributed by atoms with Gasteiger partial charge in [0.15, 0.2) is 5.16 Å². The number of thioether (sulfide) groups is 1. The summed E-state index contributed by atoms with van der Waals surface area (Å²) in [5, 5.41) is 1.45. The molecule has 0 saturated carbocycles. The second kappa shape index (κ2) is 6.17. The molecule has 1 aliphatic heterocycles. The molecule has 21 heavy (non-hydrogen) atoms. The molecule has 6 nitrogen and oxygen atoms in total. The standard InChI is InChI=1S/C13H15N3O3S2/c1-2-19-9(17)6-20-13-15-11(14)10-7-3-4-18-5-8(7)21-12(10)16-13/h2-6H2,1H3,(H2,14,15,16). The molecule has 0 spiro atoms. The van der Waals surface area contributed by atoms with Crippen molar-refractivity contribution in [3.05, 3.63) is 10.4 Å². The van der Waals surface area contributed by atoms with E-state index in [9.17, 15) is 4.79 Å². The van der Waals surface area contributed by atoms with Crippen molar-refractivity contribution in [2.24, 2.45) is 0 Å². The zero-order chi connectivity index (χ0) is 14.8. The van der Waals surface area contributed by atoms with Crippen LogP contribution in [0.3, 0.4) is 0 Å². The summed E-state index contributed by atoms with van der Waals surface area (Å²) >= 11 is 2.83. The van der Waals surface area contributed by atoms with Gasteiger partial charge in [0.25, 0.3) is 0 Å². The molecule has 0 saturated heterocycles. The number of thiophene rings is 1. The van der Waals surface area contributed by atoms with Gasteiger partial charge in [-0.05, 0) is 18.9 Å². The molecule has 0 bridgehead atoms. The highest BCUT2D eigenvalue weighted by Gasteiger charge is 2.20. The molecule has 112 valence electrons. The maximum atomic E-state index is 11.4. The number of hydrogen-bond donors (Lipinski definition) is 1. The van der Waals surface area contributed by atoms with E-state index < -0.39 is 0 Å². The highest BCUT2D eigenvalue weighted by atomic mass is 32.2. The molecular weight excluding hydrogens is 310 g/mol. The lowest BCUT2D eigenvalue weighted by molar-refractivity contribution is -0.139. The molecule has 1 aliphatic rings. The first-order chi connectivity index (χ1) is 10.2. The van der Waals surface area contributed by atoms with Crippen LogP contribution >= 0.6 is 23.1 Å². The number of hydrogen-bond acceptors (Lipinski definition) is 8. The summed E-state index contributed by atoms with van der Waals surface area (Å²) in [5.41, 5.74) is 7.28. The number of ether oxygens (including phenoxy) is 2. The fourth-order valence-corrected chi connectivity index (χ4v) is 4.09. The molecule has 0 aliphatic carbocycles. The van der Waals surface area contributed by atoms with E-state index >= 15 is 0 Å². The Morgan fingerprint density at radius 2 is 2.38 bits per heavy atom. The maximum absolute atomic E-state index is 11.4. The van der Waals surface area contributed by atoms with Gasteiger partial charge in [0, 0.05) is 4.88 Å². The van der Waals surface area contributed by atoms with Crippen molar-refractivity contribution >= 4 is 45.1 Å². The lowest BCUT2D eigenvalue weighted by Gasteiger charge is -2.11. The molecule has 0 fully saturated rings. The average molecular weight is 325 g/mol. The van der Waals surface area contributed by atoms with Crippen LogP contribution in [0.5, 0.6) is 0 Å². The Bertz CT molecular complexity index is 687. The van der Waals surface area contributed by atoms with Crippen LogP contribution in [0.15, 0.2) is 5.16 Å². The third-order valence-electron chi connectivity index (χ3n) is 3.10. The van der Waals surface area contributed by atoms with Gasteiger partial charge in [0.2, 0.25) is 0 Å². The predicted molar refractivity (Wildman–Crippen MR) is 82.5 cm³/mol. The monoisotopic (exact) mass is 325 g/mol. The lowest BCUT2D eigenvalue weighted by Crippen LogP contribution is -2.08. The Morgan fingerprint density at radius 3 is 3.19 bits per heavy atom. The number of esters is 1. The van der Waals surface area contributed by atoms with E-state index in [-0.39, 0.29) is 11.7 Å². The van der Waals surface area contributed by atoms with Crippen molar-refractivity contribution in [1.29, 1.82) is 0 Å². The summed E-state index contributed by atoms with van der Waals surface area (Å²) in [6, 6.07) is 0. The fraction of sp³-hybridized carbons (Fsp3) is 0.462. The van der Waals surface area contributed by atoms with E-state index in [0.717, 1.165) is 16.6 Å². The zero-order valence-corrected chi connectivity index (χ0v) is 13.2. The third-order valence-corrected chi connectivity index (χ3v) is 5.02. The van der Waals surface area contributed by atoms with Crippen LogP contribution < -0.4 is 5.73 Å². The molecule has 2 aromatic rings. The van der Waals surface area contributed by atoms with E-state index in [1.807, 2.05) is 0 Å². The number of carbonyl (C=O) groups is 1. The number of carbonyl (C=O) groups excluding carboxylic acids is 1. The molecule has 0 amide bonds. The smallest absolute Gasteiger partial charge is 0.316 e. The van der Waals surface area contributed by atoms with Crippen molar-refractivity contribution in [3.63, 3.8) is 0 Å². The van der Waals surface area contributed by atoms with Gasteiger partial charge in [0.1, 0.15) is 10.6 Å². The number of nitrogens with zero attached hydrogens (tertiary/aromatic N) is 2. The van der Waals surface area contributed by atoms with Crippen LogP contribution in [-0.4, -0.2) is 34.9 Å². The fourth-order valence-electron chi connectivity index (χ4n) is 2.22. The van der Waals surface area contributed by atoms with E-state index in [1.54, 1.807) is 18.3 Å². The van der Waals surface area contributed by atoms with Crippen LogP contribution in [0.4, 0.5) is 5.82 Å². The highest BCUT2D eigenvalue weighted by Crippen LogP contribution is 2.36. The summed E-state index contributed by atoms with van der Waals surface area (Å²) in [7, 11) is 0. The summed E-state index contributed by atoms with van der Waals surface area (Å²) in [4.78, 5) is 22.2. The zero-order valence-electron chi connectivity index (χ0n) is 11.5. The van der Waals surface area contributed by atoms with Crippen LogP contribution in [0.1, 0.15) is 17.4 Å². The maximum Gasteiger partial charge on any atom is 0.316 e. The molecular formula is C13H15N3O3S2.